The van der Waals surface area contributed by atoms with Crippen LogP contribution in [0.25, 0.3) is 66.4 Å². The number of rotatable bonds is 5. The van der Waals surface area contributed by atoms with E-state index in [1.807, 2.05) is 0 Å². The van der Waals surface area contributed by atoms with Crippen LogP contribution in [0.2, 0.25) is 0 Å². The van der Waals surface area contributed by atoms with Crippen LogP contribution >= 0.6 is 0 Å². The molecule has 4 aliphatic carbocycles. The van der Waals surface area contributed by atoms with E-state index in [4.69, 9.17) is 4.42 Å². The van der Waals surface area contributed by atoms with Gasteiger partial charge in [-0.1, -0.05) is 121 Å². The summed E-state index contributed by atoms with van der Waals surface area (Å²) >= 11 is 0. The molecule has 0 spiro atoms. The topological polar surface area (TPSA) is 47.1 Å². The quantitative estimate of drug-likeness (QED) is 0.173. The Morgan fingerprint density at radius 1 is 0.719 bits per heavy atom. The molecule has 5 nitrogen and oxygen atoms in total. The molecule has 0 saturated heterocycles. The van der Waals surface area contributed by atoms with Crippen molar-refractivity contribution in [2.75, 3.05) is 0 Å². The predicted molar refractivity (Wildman–Crippen MR) is 237 cm³/mol. The standard InChI is InChI=1S/C52H46N4O/c1-4-16-33(17-5-1)42-32-43(34-18-6-2-7-19-34)54-52(53-42)41-25-15-29-47-48(41)40-24-14-28-46(51(40)57-47)56-45-27-13-11-23-37(45)39-31-30-38-36-22-10-12-26-44(36)55(49(38)50(39)56)35-20-8-3-9-21-35/h1,4-6,8,10-12,14-16,18-20,22-26,28-33,35,42,52-54H,2-3,7,9,13,17,21,27H2. The van der Waals surface area contributed by atoms with Gasteiger partial charge in [0.15, 0.2) is 5.58 Å². The third kappa shape index (κ3) is 5.18. The van der Waals surface area contributed by atoms with Gasteiger partial charge in [0.1, 0.15) is 11.7 Å². The Morgan fingerprint density at radius 3 is 2.53 bits per heavy atom. The minimum Gasteiger partial charge on any atom is -0.454 e. The molecule has 0 fully saturated rings. The first-order chi connectivity index (χ1) is 28.3. The number of para-hydroxylation sites is 2. The minimum absolute atomic E-state index is 0.0946. The molecule has 0 saturated carbocycles. The van der Waals surface area contributed by atoms with E-state index in [1.54, 1.807) is 0 Å². The van der Waals surface area contributed by atoms with E-state index in [2.05, 4.69) is 165 Å². The van der Waals surface area contributed by atoms with E-state index in [0.29, 0.717) is 12.0 Å². The summed E-state index contributed by atoms with van der Waals surface area (Å²) < 4.78 is 12.4. The second-order valence-electron chi connectivity index (χ2n) is 16.5. The first kappa shape index (κ1) is 33.1. The van der Waals surface area contributed by atoms with E-state index in [-0.39, 0.29) is 12.2 Å². The first-order valence-corrected chi connectivity index (χ1v) is 21.1. The Kier molecular flexibility index (Phi) is 7.72. The van der Waals surface area contributed by atoms with Crippen LogP contribution in [0.3, 0.4) is 0 Å². The van der Waals surface area contributed by atoms with Gasteiger partial charge in [-0.25, -0.2) is 0 Å². The number of nitrogens with one attached hydrogen (secondary N) is 2. The highest BCUT2D eigenvalue weighted by molar-refractivity contribution is 6.19. The number of nitrogens with zero attached hydrogens (tertiary/aromatic N) is 2. The molecule has 12 rings (SSSR count). The second kappa shape index (κ2) is 13.3. The predicted octanol–water partition coefficient (Wildman–Crippen LogP) is 12.7. The zero-order valence-electron chi connectivity index (χ0n) is 32.1. The number of aromatic nitrogens is 2. The summed E-state index contributed by atoms with van der Waals surface area (Å²) in [4.78, 5) is 0. The summed E-state index contributed by atoms with van der Waals surface area (Å²) in [5, 5.41) is 14.3. The number of hydrogen-bond donors (Lipinski definition) is 2. The van der Waals surface area contributed by atoms with E-state index < -0.39 is 0 Å². The van der Waals surface area contributed by atoms with Crippen molar-refractivity contribution in [2.45, 2.75) is 69.6 Å². The highest BCUT2D eigenvalue weighted by Crippen LogP contribution is 2.46. The molecule has 5 heteroatoms. The molecule has 4 heterocycles. The summed E-state index contributed by atoms with van der Waals surface area (Å²) in [5.41, 5.74) is 13.3. The Balaban J connectivity index is 1.09. The van der Waals surface area contributed by atoms with Crippen LogP contribution in [-0.2, 0) is 6.42 Å². The fourth-order valence-electron chi connectivity index (χ4n) is 10.6. The monoisotopic (exact) mass is 742 g/mol. The van der Waals surface area contributed by atoms with Crippen LogP contribution in [-0.4, -0.2) is 15.2 Å². The minimum atomic E-state index is -0.0946. The summed E-state index contributed by atoms with van der Waals surface area (Å²) in [6.45, 7) is 0. The largest absolute Gasteiger partial charge is 0.454 e. The van der Waals surface area contributed by atoms with Gasteiger partial charge in [-0.3, -0.25) is 5.32 Å². The van der Waals surface area contributed by atoms with Gasteiger partial charge in [0.2, 0.25) is 0 Å². The smallest absolute Gasteiger partial charge is 0.159 e. The van der Waals surface area contributed by atoms with Crippen LogP contribution < -0.4 is 10.6 Å². The fourth-order valence-corrected chi connectivity index (χ4v) is 10.6. The maximum Gasteiger partial charge on any atom is 0.159 e. The van der Waals surface area contributed by atoms with Crippen LogP contribution in [0, 0.1) is 5.92 Å². The Morgan fingerprint density at radius 2 is 1.63 bits per heavy atom. The lowest BCUT2D eigenvalue weighted by atomic mass is 9.88. The van der Waals surface area contributed by atoms with Gasteiger partial charge < -0.3 is 18.9 Å². The van der Waals surface area contributed by atoms with E-state index in [1.165, 1.54) is 72.6 Å². The molecule has 1 aliphatic heterocycles. The van der Waals surface area contributed by atoms with E-state index in [0.717, 1.165) is 67.2 Å². The average Bonchev–Trinajstić information content (AvgIpc) is 3.95. The summed E-state index contributed by atoms with van der Waals surface area (Å²) in [6.07, 6.45) is 36.6. The lowest BCUT2D eigenvalue weighted by molar-refractivity contribution is 0.363. The Hall–Kier alpha value is -6.04. The maximum atomic E-state index is 7.11. The van der Waals surface area contributed by atoms with Crippen molar-refractivity contribution >= 4 is 60.7 Å². The molecule has 57 heavy (non-hydrogen) atoms. The molecule has 4 atom stereocenters. The van der Waals surface area contributed by atoms with Gasteiger partial charge in [0.25, 0.3) is 0 Å². The lowest BCUT2D eigenvalue weighted by Gasteiger charge is -2.36. The summed E-state index contributed by atoms with van der Waals surface area (Å²) in [5.74, 6) is 0.383. The zero-order chi connectivity index (χ0) is 37.5. The van der Waals surface area contributed by atoms with Crippen molar-refractivity contribution in [3.8, 4) is 5.69 Å². The van der Waals surface area contributed by atoms with Crippen LogP contribution in [0.1, 0.15) is 74.0 Å². The third-order valence-corrected chi connectivity index (χ3v) is 13.2. The third-order valence-electron chi connectivity index (χ3n) is 13.2. The van der Waals surface area contributed by atoms with Crippen molar-refractivity contribution < 1.29 is 4.42 Å². The van der Waals surface area contributed by atoms with Gasteiger partial charge >= 0.3 is 0 Å². The van der Waals surface area contributed by atoms with Crippen molar-refractivity contribution in [1.82, 2.24) is 19.8 Å². The summed E-state index contributed by atoms with van der Waals surface area (Å²) in [6, 6.07) is 27.7. The van der Waals surface area contributed by atoms with Crippen molar-refractivity contribution in [2.24, 2.45) is 5.92 Å². The van der Waals surface area contributed by atoms with E-state index in [9.17, 15) is 0 Å². The number of fused-ring (bicyclic) bond motifs is 10. The molecule has 3 aromatic heterocycles. The van der Waals surface area contributed by atoms with Crippen molar-refractivity contribution in [3.63, 3.8) is 0 Å². The van der Waals surface area contributed by atoms with Crippen molar-refractivity contribution in [3.05, 3.63) is 168 Å². The average molecular weight is 743 g/mol. The van der Waals surface area contributed by atoms with Gasteiger partial charge in [-0.05, 0) is 87.1 Å². The molecule has 4 aromatic carbocycles. The summed E-state index contributed by atoms with van der Waals surface area (Å²) in [7, 11) is 0. The first-order valence-electron chi connectivity index (χ1n) is 21.1. The maximum absolute atomic E-state index is 7.11. The second-order valence-corrected chi connectivity index (χ2v) is 16.5. The highest BCUT2D eigenvalue weighted by Gasteiger charge is 2.31. The molecule has 0 bridgehead atoms. The number of furan rings is 1. The molecule has 5 aliphatic rings. The molecule has 0 radical (unpaired) electrons. The normalized spacial score (nSPS) is 23.2. The molecule has 0 amide bonds. The fraction of sp³-hybridized carbons (Fsp3) is 0.231. The van der Waals surface area contributed by atoms with Gasteiger partial charge in [0, 0.05) is 61.0 Å². The van der Waals surface area contributed by atoms with Crippen LogP contribution in [0.5, 0.6) is 0 Å². The number of hydrogen-bond acceptors (Lipinski definition) is 3. The number of allylic oxidation sites excluding steroid dienone is 9. The molecule has 2 N–H and O–H groups in total. The zero-order valence-corrected chi connectivity index (χ0v) is 32.1. The van der Waals surface area contributed by atoms with E-state index >= 15 is 0 Å². The van der Waals surface area contributed by atoms with Crippen LogP contribution in [0.15, 0.2) is 155 Å². The molecular formula is C52H46N4O. The van der Waals surface area contributed by atoms with Crippen molar-refractivity contribution in [1.29, 1.82) is 0 Å². The lowest BCUT2D eigenvalue weighted by Crippen LogP contribution is -2.47. The van der Waals surface area contributed by atoms with Gasteiger partial charge in [-0.15, -0.1) is 0 Å². The van der Waals surface area contributed by atoms with Gasteiger partial charge in [-0.2, -0.15) is 0 Å². The molecular weight excluding hydrogens is 697 g/mol. The number of benzene rings is 4. The SMILES string of the molecule is C1=CCC(C2C=C(C3=CCCC=C3)NC(c3cccc4oc5c(-n6c7c(c8ccc9c%10ccccc%10n(C%10C=CCCC%10)c9c86)C=CCC7)cccc5c34)N2)C=C1. The molecule has 7 aromatic rings. The molecule has 4 unspecified atom stereocenters. The highest BCUT2D eigenvalue weighted by atomic mass is 16.3. The van der Waals surface area contributed by atoms with Gasteiger partial charge in [0.05, 0.1) is 22.8 Å². The molecule has 280 valence electrons. The Labute approximate surface area is 332 Å². The Bertz CT molecular complexity index is 3000. The van der Waals surface area contributed by atoms with Crippen LogP contribution in [0.4, 0.5) is 0 Å².